The van der Waals surface area contributed by atoms with Gasteiger partial charge in [0.15, 0.2) is 0 Å². The number of halogens is 2. The smallest absolute Gasteiger partial charge is 0.267 e. The number of carbonyl (C=O) groups is 1. The van der Waals surface area contributed by atoms with Gasteiger partial charge in [-0.3, -0.25) is 4.79 Å². The monoisotopic (exact) mass is 280 g/mol. The van der Waals surface area contributed by atoms with Crippen LogP contribution in [0.5, 0.6) is 0 Å². The van der Waals surface area contributed by atoms with Gasteiger partial charge in [0.1, 0.15) is 0 Å². The second kappa shape index (κ2) is 5.76. The molecule has 0 unspecified atom stereocenters. The maximum absolute atomic E-state index is 11.9. The molecule has 2 aromatic rings. The van der Waals surface area contributed by atoms with E-state index >= 15 is 0 Å². The van der Waals surface area contributed by atoms with Crippen molar-refractivity contribution in [3.05, 3.63) is 65.2 Å². The SMILES string of the molecule is O=C(NN(Cl)c1ccccc1)c1cccc(Cl)c1. The van der Waals surface area contributed by atoms with Crippen LogP contribution in [0.3, 0.4) is 0 Å². The quantitative estimate of drug-likeness (QED) is 0.688. The standard InChI is InChI=1S/C13H10Cl2N2O/c14-11-6-4-5-10(9-11)13(18)16-17(15)12-7-2-1-3-8-12/h1-9H,(H,16,18). The van der Waals surface area contributed by atoms with E-state index in [1.165, 1.54) is 0 Å². The predicted octanol–water partition coefficient (Wildman–Crippen LogP) is 3.65. The molecule has 1 amide bonds. The number of rotatable bonds is 3. The molecule has 0 aliphatic heterocycles. The zero-order valence-corrected chi connectivity index (χ0v) is 10.8. The predicted molar refractivity (Wildman–Crippen MR) is 73.7 cm³/mol. The van der Waals surface area contributed by atoms with Crippen molar-refractivity contribution in [3.63, 3.8) is 0 Å². The molecule has 0 radical (unpaired) electrons. The molecule has 0 aliphatic rings. The minimum absolute atomic E-state index is 0.323. The molecule has 2 aromatic carbocycles. The van der Waals surface area contributed by atoms with E-state index in [0.717, 1.165) is 4.53 Å². The van der Waals surface area contributed by atoms with Crippen LogP contribution in [0.2, 0.25) is 5.02 Å². The van der Waals surface area contributed by atoms with Crippen LogP contribution in [0.15, 0.2) is 54.6 Å². The highest BCUT2D eigenvalue weighted by Crippen LogP contribution is 2.14. The first-order valence-corrected chi connectivity index (χ1v) is 5.96. The Kier molecular flexibility index (Phi) is 4.07. The molecule has 5 heteroatoms. The minimum Gasteiger partial charge on any atom is -0.267 e. The molecule has 3 nitrogen and oxygen atoms in total. The summed E-state index contributed by atoms with van der Waals surface area (Å²) in [6, 6.07) is 15.7. The number of carbonyl (C=O) groups excluding carboxylic acids is 1. The molecule has 0 spiro atoms. The van der Waals surface area contributed by atoms with Crippen LogP contribution in [0.1, 0.15) is 10.4 Å². The van der Waals surface area contributed by atoms with Gasteiger partial charge in [0.05, 0.1) is 5.69 Å². The molecule has 0 saturated heterocycles. The lowest BCUT2D eigenvalue weighted by Gasteiger charge is -2.16. The molecule has 0 fully saturated rings. The van der Waals surface area contributed by atoms with E-state index in [4.69, 9.17) is 23.4 Å². The fraction of sp³-hybridized carbons (Fsp3) is 0. The van der Waals surface area contributed by atoms with Crippen LogP contribution < -0.4 is 9.95 Å². The molecule has 92 valence electrons. The van der Waals surface area contributed by atoms with E-state index in [2.05, 4.69) is 5.43 Å². The largest absolute Gasteiger partial charge is 0.270 e. The van der Waals surface area contributed by atoms with E-state index in [1.54, 1.807) is 36.4 Å². The van der Waals surface area contributed by atoms with Crippen molar-refractivity contribution in [2.45, 2.75) is 0 Å². The summed E-state index contributed by atoms with van der Waals surface area (Å²) in [4.78, 5) is 11.9. The highest BCUT2D eigenvalue weighted by atomic mass is 35.5. The van der Waals surface area contributed by atoms with E-state index in [9.17, 15) is 4.79 Å². The van der Waals surface area contributed by atoms with Crippen molar-refractivity contribution in [1.29, 1.82) is 0 Å². The molecular weight excluding hydrogens is 271 g/mol. The summed E-state index contributed by atoms with van der Waals surface area (Å²) in [7, 11) is 0. The first-order valence-electron chi connectivity index (χ1n) is 5.24. The van der Waals surface area contributed by atoms with Crippen molar-refractivity contribution in [1.82, 2.24) is 5.43 Å². The molecular formula is C13H10Cl2N2O. The third-order valence-corrected chi connectivity index (χ3v) is 2.78. The van der Waals surface area contributed by atoms with E-state index < -0.39 is 0 Å². The van der Waals surface area contributed by atoms with Crippen molar-refractivity contribution in [3.8, 4) is 0 Å². The summed E-state index contributed by atoms with van der Waals surface area (Å²) in [5, 5.41) is 0.503. The molecule has 0 heterocycles. The second-order valence-electron chi connectivity index (χ2n) is 3.57. The maximum Gasteiger partial charge on any atom is 0.270 e. The van der Waals surface area contributed by atoms with Crippen LogP contribution >= 0.6 is 23.4 Å². The highest BCUT2D eigenvalue weighted by Gasteiger charge is 2.10. The number of nitrogens with zero attached hydrogens (tertiary/aromatic N) is 1. The first-order chi connectivity index (χ1) is 8.66. The van der Waals surface area contributed by atoms with Gasteiger partial charge in [0, 0.05) is 22.4 Å². The lowest BCUT2D eigenvalue weighted by atomic mass is 10.2. The van der Waals surface area contributed by atoms with Gasteiger partial charge in [0.25, 0.3) is 5.91 Å². The number of para-hydroxylation sites is 1. The van der Waals surface area contributed by atoms with Crippen molar-refractivity contribution < 1.29 is 4.79 Å². The van der Waals surface area contributed by atoms with E-state index in [-0.39, 0.29) is 5.91 Å². The zero-order chi connectivity index (χ0) is 13.0. The number of hydrazine groups is 1. The summed E-state index contributed by atoms with van der Waals surface area (Å²) in [6.45, 7) is 0. The molecule has 0 saturated carbocycles. The Morgan fingerprint density at radius 2 is 1.78 bits per heavy atom. The van der Waals surface area contributed by atoms with Gasteiger partial charge in [-0.15, -0.1) is 0 Å². The Hall–Kier alpha value is -1.71. The second-order valence-corrected chi connectivity index (χ2v) is 4.34. The van der Waals surface area contributed by atoms with Crippen LogP contribution in [-0.4, -0.2) is 5.91 Å². The number of anilines is 1. The van der Waals surface area contributed by atoms with Gasteiger partial charge >= 0.3 is 0 Å². The van der Waals surface area contributed by atoms with Crippen LogP contribution in [-0.2, 0) is 0 Å². The van der Waals surface area contributed by atoms with Gasteiger partial charge in [-0.25, -0.2) is 5.43 Å². The number of nitrogens with one attached hydrogen (secondary N) is 1. The average Bonchev–Trinajstić information content (AvgIpc) is 2.39. The van der Waals surface area contributed by atoms with Gasteiger partial charge in [-0.05, 0) is 30.3 Å². The molecule has 2 rings (SSSR count). The summed E-state index contributed by atoms with van der Waals surface area (Å²) in [6.07, 6.45) is 0. The normalized spacial score (nSPS) is 9.89. The van der Waals surface area contributed by atoms with Crippen LogP contribution in [0.25, 0.3) is 0 Å². The molecule has 0 aliphatic carbocycles. The Morgan fingerprint density at radius 3 is 2.44 bits per heavy atom. The Bertz CT molecular complexity index is 546. The fourth-order valence-electron chi connectivity index (χ4n) is 1.41. The molecule has 0 aromatic heterocycles. The third-order valence-electron chi connectivity index (χ3n) is 2.27. The van der Waals surface area contributed by atoms with Gasteiger partial charge in [-0.2, -0.15) is 4.53 Å². The van der Waals surface area contributed by atoms with Crippen molar-refractivity contribution in [2.75, 3.05) is 4.53 Å². The topological polar surface area (TPSA) is 32.3 Å². The molecule has 0 atom stereocenters. The molecule has 18 heavy (non-hydrogen) atoms. The van der Waals surface area contributed by atoms with Gasteiger partial charge in [0.2, 0.25) is 0 Å². The summed E-state index contributed by atoms with van der Waals surface area (Å²) < 4.78 is 1.14. The molecule has 0 bridgehead atoms. The first kappa shape index (κ1) is 12.7. The van der Waals surface area contributed by atoms with E-state index in [1.807, 2.05) is 18.2 Å². The highest BCUT2D eigenvalue weighted by molar-refractivity contribution is 6.31. The zero-order valence-electron chi connectivity index (χ0n) is 9.31. The average molecular weight is 281 g/mol. The Labute approximate surface area is 115 Å². The van der Waals surface area contributed by atoms with E-state index in [0.29, 0.717) is 16.3 Å². The lowest BCUT2D eigenvalue weighted by molar-refractivity contribution is 0.0956. The Morgan fingerprint density at radius 1 is 1.06 bits per heavy atom. The van der Waals surface area contributed by atoms with Gasteiger partial charge < -0.3 is 0 Å². The van der Waals surface area contributed by atoms with Crippen LogP contribution in [0.4, 0.5) is 5.69 Å². The number of benzene rings is 2. The van der Waals surface area contributed by atoms with Crippen molar-refractivity contribution >= 4 is 35.0 Å². The summed E-state index contributed by atoms with van der Waals surface area (Å²) in [5.41, 5.74) is 3.66. The lowest BCUT2D eigenvalue weighted by Crippen LogP contribution is -2.35. The maximum atomic E-state index is 11.9. The summed E-state index contributed by atoms with van der Waals surface area (Å²) >= 11 is 11.8. The molecule has 1 N–H and O–H groups in total. The summed E-state index contributed by atoms with van der Waals surface area (Å²) in [5.74, 6) is -0.323. The van der Waals surface area contributed by atoms with Crippen LogP contribution in [0, 0.1) is 0 Å². The fourth-order valence-corrected chi connectivity index (χ4v) is 1.79. The minimum atomic E-state index is -0.323. The number of amides is 1. The van der Waals surface area contributed by atoms with Gasteiger partial charge in [-0.1, -0.05) is 35.9 Å². The third kappa shape index (κ3) is 3.15. The Balaban J connectivity index is 2.08. The van der Waals surface area contributed by atoms with Crippen molar-refractivity contribution in [2.24, 2.45) is 0 Å². The number of hydrogen-bond donors (Lipinski definition) is 1. The number of hydrogen-bond acceptors (Lipinski definition) is 2.